The summed E-state index contributed by atoms with van der Waals surface area (Å²) in [5.41, 5.74) is 0.707. The molecule has 1 aromatic carbocycles. The largest absolute Gasteiger partial charge is 0.444 e. The molecule has 0 fully saturated rings. The molecule has 126 valence electrons. The van der Waals surface area contributed by atoms with Crippen LogP contribution < -0.4 is 5.32 Å². The van der Waals surface area contributed by atoms with Gasteiger partial charge in [-0.15, -0.1) is 0 Å². The van der Waals surface area contributed by atoms with Crippen molar-refractivity contribution in [3.8, 4) is 6.07 Å². The van der Waals surface area contributed by atoms with E-state index in [0.717, 1.165) is 5.69 Å². The summed E-state index contributed by atoms with van der Waals surface area (Å²) in [6, 6.07) is 9.32. The van der Waals surface area contributed by atoms with Crippen LogP contribution >= 0.6 is 0 Å². The molecule has 1 amide bonds. The number of nitrogens with zero attached hydrogens (tertiary/aromatic N) is 2. The van der Waals surface area contributed by atoms with Gasteiger partial charge in [0.2, 0.25) is 0 Å². The fraction of sp³-hybridized carbons (Fsp3) is 0.556. The van der Waals surface area contributed by atoms with E-state index in [0.29, 0.717) is 18.7 Å². The second-order valence-electron chi connectivity index (χ2n) is 7.42. The predicted molar refractivity (Wildman–Crippen MR) is 92.3 cm³/mol. The minimum atomic E-state index is -0.513. The van der Waals surface area contributed by atoms with Crippen LogP contribution in [-0.4, -0.2) is 35.2 Å². The maximum absolute atomic E-state index is 12.4. The van der Waals surface area contributed by atoms with Crippen molar-refractivity contribution in [3.63, 3.8) is 0 Å². The number of hydrogen-bond acceptors (Lipinski definition) is 4. The highest BCUT2D eigenvalue weighted by Crippen LogP contribution is 2.18. The molecule has 0 saturated heterocycles. The average Bonchev–Trinajstić information content (AvgIpc) is 2.40. The van der Waals surface area contributed by atoms with Crippen molar-refractivity contribution >= 4 is 11.8 Å². The number of rotatable bonds is 4. The van der Waals surface area contributed by atoms with E-state index in [2.05, 4.69) is 11.4 Å². The molecule has 0 radical (unpaired) electrons. The minimum absolute atomic E-state index is 0.313. The molecule has 0 aliphatic rings. The summed E-state index contributed by atoms with van der Waals surface area (Å²) in [5.74, 6) is 0. The first-order valence-electron chi connectivity index (χ1n) is 7.77. The molecule has 23 heavy (non-hydrogen) atoms. The van der Waals surface area contributed by atoms with Gasteiger partial charge in [0.1, 0.15) is 5.60 Å². The van der Waals surface area contributed by atoms with Crippen LogP contribution in [0.1, 0.15) is 47.1 Å². The van der Waals surface area contributed by atoms with E-state index in [-0.39, 0.29) is 11.6 Å². The van der Waals surface area contributed by atoms with Crippen LogP contribution in [0.5, 0.6) is 0 Å². The zero-order valence-corrected chi connectivity index (χ0v) is 14.9. The Morgan fingerprint density at radius 1 is 1.17 bits per heavy atom. The average molecular weight is 317 g/mol. The number of anilines is 1. The number of carbonyl (C=O) groups is 1. The van der Waals surface area contributed by atoms with Gasteiger partial charge < -0.3 is 15.0 Å². The van der Waals surface area contributed by atoms with Crippen LogP contribution in [-0.2, 0) is 4.74 Å². The second-order valence-corrected chi connectivity index (χ2v) is 7.42. The Kier molecular flexibility index (Phi) is 6.03. The smallest absolute Gasteiger partial charge is 0.410 e. The first-order valence-corrected chi connectivity index (χ1v) is 7.77. The second kappa shape index (κ2) is 7.36. The third-order valence-electron chi connectivity index (χ3n) is 3.10. The molecule has 0 spiro atoms. The van der Waals surface area contributed by atoms with Gasteiger partial charge in [-0.2, -0.15) is 5.26 Å². The third-order valence-corrected chi connectivity index (χ3v) is 3.10. The molecule has 5 nitrogen and oxygen atoms in total. The van der Waals surface area contributed by atoms with Gasteiger partial charge in [0, 0.05) is 24.3 Å². The Bertz CT molecular complexity index is 560. The predicted octanol–water partition coefficient (Wildman–Crippen LogP) is 4.01. The Labute approximate surface area is 139 Å². The number of benzene rings is 1. The summed E-state index contributed by atoms with van der Waals surface area (Å²) in [6.45, 7) is 12.7. The molecular weight excluding hydrogens is 290 g/mol. The zero-order chi connectivity index (χ0) is 17.7. The lowest BCUT2D eigenvalue weighted by atomic mass is 10.1. The molecule has 0 bridgehead atoms. The van der Waals surface area contributed by atoms with Crippen molar-refractivity contribution in [1.82, 2.24) is 4.90 Å². The van der Waals surface area contributed by atoms with Gasteiger partial charge >= 0.3 is 6.09 Å². The van der Waals surface area contributed by atoms with Gasteiger partial charge in [0.15, 0.2) is 0 Å². The maximum Gasteiger partial charge on any atom is 0.410 e. The Morgan fingerprint density at radius 3 is 2.17 bits per heavy atom. The van der Waals surface area contributed by atoms with Crippen molar-refractivity contribution in [2.24, 2.45) is 0 Å². The molecule has 1 aromatic rings. The Morgan fingerprint density at radius 2 is 1.74 bits per heavy atom. The van der Waals surface area contributed by atoms with Crippen LogP contribution in [0.15, 0.2) is 24.3 Å². The van der Waals surface area contributed by atoms with Crippen molar-refractivity contribution in [1.29, 1.82) is 5.26 Å². The summed E-state index contributed by atoms with van der Waals surface area (Å²) in [7, 11) is 0. The molecule has 0 saturated carbocycles. The van der Waals surface area contributed by atoms with Crippen molar-refractivity contribution in [2.75, 3.05) is 18.4 Å². The lowest BCUT2D eigenvalue weighted by Gasteiger charge is -2.37. The van der Waals surface area contributed by atoms with Gasteiger partial charge in [-0.05, 0) is 65.8 Å². The number of nitrogens with one attached hydrogen (secondary N) is 1. The van der Waals surface area contributed by atoms with E-state index in [1.165, 1.54) is 0 Å². The van der Waals surface area contributed by atoms with E-state index in [4.69, 9.17) is 10.00 Å². The minimum Gasteiger partial charge on any atom is -0.444 e. The fourth-order valence-electron chi connectivity index (χ4n) is 1.99. The highest BCUT2D eigenvalue weighted by atomic mass is 16.6. The number of amides is 1. The molecule has 1 rings (SSSR count). The Hall–Kier alpha value is -2.22. The summed E-state index contributed by atoms with van der Waals surface area (Å²) in [5, 5.41) is 12.0. The summed E-state index contributed by atoms with van der Waals surface area (Å²) in [6.07, 6.45) is -0.313. The molecule has 0 aliphatic carbocycles. The fourth-order valence-corrected chi connectivity index (χ4v) is 1.99. The lowest BCUT2D eigenvalue weighted by Crippen LogP contribution is -2.49. The number of ether oxygens (including phenoxy) is 1. The number of hydrogen-bond donors (Lipinski definition) is 1. The van der Waals surface area contributed by atoms with Gasteiger partial charge in [-0.3, -0.25) is 0 Å². The molecular formula is C18H27N3O2. The van der Waals surface area contributed by atoms with Crippen LogP contribution in [0.4, 0.5) is 10.5 Å². The van der Waals surface area contributed by atoms with Crippen LogP contribution in [0, 0.1) is 11.3 Å². The SMILES string of the molecule is CC(C)(C)OC(=O)N(CCNc1ccc(C#N)cc1)C(C)(C)C. The van der Waals surface area contributed by atoms with E-state index >= 15 is 0 Å². The van der Waals surface area contributed by atoms with E-state index in [1.54, 1.807) is 17.0 Å². The van der Waals surface area contributed by atoms with Gasteiger partial charge in [0.05, 0.1) is 11.6 Å². The van der Waals surface area contributed by atoms with E-state index < -0.39 is 5.60 Å². The summed E-state index contributed by atoms with van der Waals surface area (Å²) in [4.78, 5) is 14.1. The molecule has 0 heterocycles. The van der Waals surface area contributed by atoms with E-state index in [9.17, 15) is 4.79 Å². The maximum atomic E-state index is 12.4. The van der Waals surface area contributed by atoms with Gasteiger partial charge in [-0.25, -0.2) is 4.79 Å². The highest BCUT2D eigenvalue weighted by molar-refractivity contribution is 5.69. The summed E-state index contributed by atoms with van der Waals surface area (Å²) < 4.78 is 5.48. The van der Waals surface area contributed by atoms with Crippen LogP contribution in [0.3, 0.4) is 0 Å². The number of carbonyl (C=O) groups excluding carboxylic acids is 1. The van der Waals surface area contributed by atoms with Crippen LogP contribution in [0.2, 0.25) is 0 Å². The van der Waals surface area contributed by atoms with Gasteiger partial charge in [0.25, 0.3) is 0 Å². The third kappa shape index (κ3) is 6.60. The normalized spacial score (nSPS) is 11.5. The van der Waals surface area contributed by atoms with Crippen LogP contribution in [0.25, 0.3) is 0 Å². The molecule has 0 atom stereocenters. The standard InChI is InChI=1S/C18H27N3O2/c1-17(2,3)21(16(22)23-18(4,5)6)12-11-20-15-9-7-14(13-19)8-10-15/h7-10,20H,11-12H2,1-6H3. The quantitative estimate of drug-likeness (QED) is 0.911. The van der Waals surface area contributed by atoms with Crippen molar-refractivity contribution < 1.29 is 9.53 Å². The molecule has 0 unspecified atom stereocenters. The van der Waals surface area contributed by atoms with E-state index in [1.807, 2.05) is 53.7 Å². The molecule has 0 aliphatic heterocycles. The molecule has 1 N–H and O–H groups in total. The highest BCUT2D eigenvalue weighted by Gasteiger charge is 2.30. The van der Waals surface area contributed by atoms with Gasteiger partial charge in [-0.1, -0.05) is 0 Å². The molecule has 0 aromatic heterocycles. The zero-order valence-electron chi connectivity index (χ0n) is 14.9. The Balaban J connectivity index is 2.64. The first-order chi connectivity index (χ1) is 10.5. The lowest BCUT2D eigenvalue weighted by molar-refractivity contribution is 0.00749. The first kappa shape index (κ1) is 18.8. The topological polar surface area (TPSA) is 65.4 Å². The van der Waals surface area contributed by atoms with Crippen molar-refractivity contribution in [2.45, 2.75) is 52.7 Å². The summed E-state index contributed by atoms with van der Waals surface area (Å²) >= 11 is 0. The number of nitriles is 1. The monoisotopic (exact) mass is 317 g/mol. The molecule has 5 heteroatoms. The van der Waals surface area contributed by atoms with Crippen molar-refractivity contribution in [3.05, 3.63) is 29.8 Å².